The minimum absolute atomic E-state index is 0.156. The first kappa shape index (κ1) is 26.3. The number of nitrogens with zero attached hydrogens (tertiary/aromatic N) is 2. The molecule has 3 aromatic rings. The van der Waals surface area contributed by atoms with Crippen LogP contribution in [0.5, 0.6) is 0 Å². The molecule has 0 N–H and O–H groups in total. The fourth-order valence-corrected chi connectivity index (χ4v) is 4.95. The van der Waals surface area contributed by atoms with Gasteiger partial charge in [-0.15, -0.1) is 0 Å². The van der Waals surface area contributed by atoms with E-state index in [0.717, 1.165) is 11.1 Å². The average molecular weight is 501 g/mol. The van der Waals surface area contributed by atoms with Crippen LogP contribution in [0.2, 0.25) is 0 Å². The summed E-state index contributed by atoms with van der Waals surface area (Å²) in [6, 6.07) is 23.8. The van der Waals surface area contributed by atoms with E-state index in [1.807, 2.05) is 54.6 Å². The summed E-state index contributed by atoms with van der Waals surface area (Å²) in [5, 5.41) is 0. The van der Waals surface area contributed by atoms with Crippen molar-refractivity contribution < 1.29 is 23.9 Å². The molecule has 0 bridgehead atoms. The molecule has 1 saturated heterocycles. The third-order valence-electron chi connectivity index (χ3n) is 7.11. The van der Waals surface area contributed by atoms with Crippen LogP contribution in [-0.4, -0.2) is 74.1 Å². The summed E-state index contributed by atoms with van der Waals surface area (Å²) < 4.78 is 11.4. The molecular formula is C30H32N2O5. The largest absolute Gasteiger partial charge is 0.351 e. The smallest absolute Gasteiger partial charge is 0.254 e. The first-order valence-electron chi connectivity index (χ1n) is 12.3. The average Bonchev–Trinajstić information content (AvgIpc) is 2.97. The van der Waals surface area contributed by atoms with Gasteiger partial charge in [0.2, 0.25) is 0 Å². The summed E-state index contributed by atoms with van der Waals surface area (Å²) in [5.74, 6) is -1.35. The third-order valence-corrected chi connectivity index (χ3v) is 7.11. The second-order valence-corrected chi connectivity index (χ2v) is 9.25. The molecule has 3 aromatic carbocycles. The van der Waals surface area contributed by atoms with E-state index in [1.165, 1.54) is 0 Å². The Morgan fingerprint density at radius 3 is 2.24 bits per heavy atom. The Morgan fingerprint density at radius 1 is 0.946 bits per heavy atom. The second-order valence-electron chi connectivity index (χ2n) is 9.25. The van der Waals surface area contributed by atoms with Crippen molar-refractivity contribution in [2.24, 2.45) is 0 Å². The van der Waals surface area contributed by atoms with Crippen molar-refractivity contribution in [3.63, 3.8) is 0 Å². The molecule has 7 nitrogen and oxygen atoms in total. The van der Waals surface area contributed by atoms with Crippen LogP contribution < -0.4 is 0 Å². The summed E-state index contributed by atoms with van der Waals surface area (Å²) in [5.41, 5.74) is 3.03. The van der Waals surface area contributed by atoms with E-state index in [-0.39, 0.29) is 24.4 Å². The zero-order valence-electron chi connectivity index (χ0n) is 21.4. The van der Waals surface area contributed by atoms with Crippen LogP contribution in [0.4, 0.5) is 0 Å². The molecule has 0 saturated carbocycles. The predicted octanol–water partition coefficient (Wildman–Crippen LogP) is 4.53. The number of carbonyl (C=O) groups excluding carboxylic acids is 3. The highest BCUT2D eigenvalue weighted by Crippen LogP contribution is 2.33. The Balaban J connectivity index is 1.66. The van der Waals surface area contributed by atoms with Gasteiger partial charge in [0, 0.05) is 45.4 Å². The van der Waals surface area contributed by atoms with Gasteiger partial charge in [-0.05, 0) is 29.7 Å². The van der Waals surface area contributed by atoms with Crippen LogP contribution in [0, 0.1) is 0 Å². The fourth-order valence-electron chi connectivity index (χ4n) is 4.95. The molecule has 37 heavy (non-hydrogen) atoms. The molecule has 0 aliphatic carbocycles. The number of ether oxygens (including phenoxy) is 2. The number of likely N-dealkylation sites (N-methyl/N-ethyl adjacent to an activating group) is 1. The fraction of sp³-hybridized carbons (Fsp3) is 0.300. The number of aldehydes is 1. The highest BCUT2D eigenvalue weighted by atomic mass is 16.7. The van der Waals surface area contributed by atoms with E-state index in [9.17, 15) is 14.4 Å². The lowest BCUT2D eigenvalue weighted by Crippen LogP contribution is -2.59. The van der Waals surface area contributed by atoms with Gasteiger partial charge < -0.3 is 19.3 Å². The number of amides is 2. The lowest BCUT2D eigenvalue weighted by molar-refractivity contribution is -0.233. The Kier molecular flexibility index (Phi) is 8.16. The molecule has 7 heteroatoms. The van der Waals surface area contributed by atoms with E-state index >= 15 is 0 Å². The minimum Gasteiger partial charge on any atom is -0.351 e. The summed E-state index contributed by atoms with van der Waals surface area (Å²) >= 11 is 0. The zero-order valence-corrected chi connectivity index (χ0v) is 21.4. The monoisotopic (exact) mass is 500 g/mol. The number of methoxy groups -OCH3 is 2. The lowest BCUT2D eigenvalue weighted by atomic mass is 9.93. The third kappa shape index (κ3) is 5.48. The van der Waals surface area contributed by atoms with Gasteiger partial charge in [-0.2, -0.15) is 0 Å². The summed E-state index contributed by atoms with van der Waals surface area (Å²) in [6.07, 6.45) is 1.83. The number of hydrogen-bond donors (Lipinski definition) is 0. The van der Waals surface area contributed by atoms with E-state index in [1.54, 1.807) is 55.3 Å². The molecule has 1 aliphatic heterocycles. The molecule has 0 aromatic heterocycles. The topological polar surface area (TPSA) is 76.2 Å². The minimum atomic E-state index is -0.930. The maximum atomic E-state index is 14.1. The number of likely N-dealkylation sites (tertiary alicyclic amines) is 1. The summed E-state index contributed by atoms with van der Waals surface area (Å²) in [7, 11) is 4.85. The Hall–Kier alpha value is -3.81. The van der Waals surface area contributed by atoms with Gasteiger partial charge in [0.25, 0.3) is 11.8 Å². The number of benzene rings is 3. The van der Waals surface area contributed by atoms with Crippen molar-refractivity contribution in [3.8, 4) is 11.1 Å². The van der Waals surface area contributed by atoms with Crippen LogP contribution in [0.3, 0.4) is 0 Å². The van der Waals surface area contributed by atoms with Crippen molar-refractivity contribution in [2.45, 2.75) is 24.7 Å². The first-order valence-corrected chi connectivity index (χ1v) is 12.3. The summed E-state index contributed by atoms with van der Waals surface area (Å²) in [6.45, 7) is 0.522. The van der Waals surface area contributed by atoms with Crippen LogP contribution in [0.25, 0.3) is 11.1 Å². The molecule has 4 rings (SSSR count). The van der Waals surface area contributed by atoms with Crippen LogP contribution in [0.1, 0.15) is 43.9 Å². The standard InChI is InChI=1S/C30H32N2O5/c1-31(28(34)26-15-8-7-13-23(26)20-33)19-24-17-18-30(36-2,37-3)21-32(24)29(35)27-16-10-9-14-25(27)22-11-5-4-6-12-22/h4-16,20,24H,17-19,21H2,1-3H3. The number of piperidine rings is 1. The van der Waals surface area contributed by atoms with Crippen LogP contribution in [-0.2, 0) is 9.47 Å². The van der Waals surface area contributed by atoms with E-state index in [2.05, 4.69) is 0 Å². The predicted molar refractivity (Wildman–Crippen MR) is 141 cm³/mol. The normalized spacial score (nSPS) is 16.7. The van der Waals surface area contributed by atoms with Crippen LogP contribution >= 0.6 is 0 Å². The van der Waals surface area contributed by atoms with Gasteiger partial charge in [-0.3, -0.25) is 14.4 Å². The molecule has 1 fully saturated rings. The number of rotatable bonds is 8. The van der Waals surface area contributed by atoms with E-state index in [4.69, 9.17) is 9.47 Å². The second kappa shape index (κ2) is 11.5. The Labute approximate surface area is 217 Å². The van der Waals surface area contributed by atoms with Crippen molar-refractivity contribution in [2.75, 3.05) is 34.4 Å². The molecule has 1 heterocycles. The maximum absolute atomic E-state index is 14.1. The number of carbonyl (C=O) groups is 3. The van der Waals surface area contributed by atoms with Crippen LogP contribution in [0.15, 0.2) is 78.9 Å². The molecule has 192 valence electrons. The SMILES string of the molecule is COC1(OC)CCC(CN(C)C(=O)c2ccccc2C=O)N(C(=O)c2ccccc2-c2ccccc2)C1. The quantitative estimate of drug-likeness (QED) is 0.336. The van der Waals surface area contributed by atoms with Crippen molar-refractivity contribution >= 4 is 18.1 Å². The number of hydrogen-bond acceptors (Lipinski definition) is 5. The molecule has 0 spiro atoms. The molecule has 2 amide bonds. The molecule has 1 atom stereocenters. The molecule has 1 aliphatic rings. The van der Waals surface area contributed by atoms with E-state index in [0.29, 0.717) is 42.4 Å². The van der Waals surface area contributed by atoms with Crippen molar-refractivity contribution in [1.82, 2.24) is 9.80 Å². The Morgan fingerprint density at radius 2 is 1.57 bits per heavy atom. The molecular weight excluding hydrogens is 468 g/mol. The molecule has 1 unspecified atom stereocenters. The van der Waals surface area contributed by atoms with Crippen molar-refractivity contribution in [3.05, 3.63) is 95.6 Å². The maximum Gasteiger partial charge on any atom is 0.254 e. The van der Waals surface area contributed by atoms with Gasteiger partial charge in [-0.25, -0.2) is 0 Å². The van der Waals surface area contributed by atoms with Gasteiger partial charge in [0.1, 0.15) is 0 Å². The lowest BCUT2D eigenvalue weighted by Gasteiger charge is -2.46. The summed E-state index contributed by atoms with van der Waals surface area (Å²) in [4.78, 5) is 42.2. The highest BCUT2D eigenvalue weighted by Gasteiger charge is 2.43. The highest BCUT2D eigenvalue weighted by molar-refractivity contribution is 6.02. The Bertz CT molecular complexity index is 1260. The van der Waals surface area contributed by atoms with Crippen molar-refractivity contribution in [1.29, 1.82) is 0 Å². The van der Waals surface area contributed by atoms with E-state index < -0.39 is 5.79 Å². The molecule has 0 radical (unpaired) electrons. The first-order chi connectivity index (χ1) is 17.9. The van der Waals surface area contributed by atoms with Gasteiger partial charge in [0.05, 0.1) is 18.2 Å². The van der Waals surface area contributed by atoms with Gasteiger partial charge in [0.15, 0.2) is 12.1 Å². The zero-order chi connectivity index (χ0) is 26.4. The van der Waals surface area contributed by atoms with Gasteiger partial charge in [-0.1, -0.05) is 66.7 Å². The van der Waals surface area contributed by atoms with Gasteiger partial charge >= 0.3 is 0 Å².